The largest absolute Gasteiger partial charge is 0.486 e. The normalized spacial score (nSPS) is 10.9. The zero-order valence-corrected chi connectivity index (χ0v) is 21.2. The van der Waals surface area contributed by atoms with E-state index in [0.717, 1.165) is 5.56 Å². The summed E-state index contributed by atoms with van der Waals surface area (Å²) < 4.78 is 13.4. The van der Waals surface area contributed by atoms with Crippen LogP contribution in [-0.2, 0) is 13.2 Å². The molecule has 0 spiro atoms. The Morgan fingerprint density at radius 2 is 2.00 bits per heavy atom. The number of benzene rings is 2. The van der Waals surface area contributed by atoms with Crippen molar-refractivity contribution in [2.45, 2.75) is 20.1 Å². The van der Waals surface area contributed by atoms with Gasteiger partial charge in [0.1, 0.15) is 18.1 Å². The van der Waals surface area contributed by atoms with Crippen LogP contribution in [0.25, 0.3) is 0 Å². The van der Waals surface area contributed by atoms with E-state index in [9.17, 15) is 14.9 Å². The molecule has 0 saturated carbocycles. The van der Waals surface area contributed by atoms with E-state index in [0.29, 0.717) is 44.0 Å². The second-order valence-corrected chi connectivity index (χ2v) is 9.15. The van der Waals surface area contributed by atoms with Crippen molar-refractivity contribution >= 4 is 56.5 Å². The maximum Gasteiger partial charge on any atom is 0.292 e. The summed E-state index contributed by atoms with van der Waals surface area (Å²) in [5, 5.41) is 18.9. The van der Waals surface area contributed by atoms with Gasteiger partial charge in [-0.1, -0.05) is 29.3 Å². The molecule has 2 aromatic heterocycles. The highest BCUT2D eigenvalue weighted by molar-refractivity contribution is 9.10. The van der Waals surface area contributed by atoms with Gasteiger partial charge in [-0.25, -0.2) is 0 Å². The van der Waals surface area contributed by atoms with E-state index in [1.54, 1.807) is 42.1 Å². The van der Waals surface area contributed by atoms with Crippen LogP contribution in [0.15, 0.2) is 63.6 Å². The van der Waals surface area contributed by atoms with Crippen molar-refractivity contribution in [2.24, 2.45) is 0 Å². The summed E-state index contributed by atoms with van der Waals surface area (Å²) in [5.41, 5.74) is 1.39. The molecule has 0 unspecified atom stereocenters. The first-order valence-electron chi connectivity index (χ1n) is 10.1. The van der Waals surface area contributed by atoms with E-state index in [4.69, 9.17) is 32.4 Å². The van der Waals surface area contributed by atoms with Crippen LogP contribution in [0, 0.1) is 17.0 Å². The molecule has 2 aromatic carbocycles. The molecule has 4 aromatic rings. The molecule has 0 radical (unpaired) electrons. The highest BCUT2D eigenvalue weighted by atomic mass is 79.9. The first-order valence-corrected chi connectivity index (χ1v) is 11.7. The number of anilines is 1. The highest BCUT2D eigenvalue weighted by Gasteiger charge is 2.17. The lowest BCUT2D eigenvalue weighted by atomic mass is 10.2. The molecule has 12 heteroatoms. The summed E-state index contributed by atoms with van der Waals surface area (Å²) in [6.07, 6.45) is 1.73. The van der Waals surface area contributed by atoms with Crippen LogP contribution in [-0.4, -0.2) is 20.6 Å². The number of hydrogen-bond acceptors (Lipinski definition) is 6. The van der Waals surface area contributed by atoms with Gasteiger partial charge in [0.2, 0.25) is 0 Å². The Balaban J connectivity index is 1.37. The Hall–Kier alpha value is -3.34. The Kier molecular flexibility index (Phi) is 7.44. The van der Waals surface area contributed by atoms with Crippen LogP contribution >= 0.6 is 39.1 Å². The molecule has 2 heterocycles. The number of aryl methyl sites for hydroxylation is 1. The van der Waals surface area contributed by atoms with E-state index in [1.165, 1.54) is 18.2 Å². The first kappa shape index (κ1) is 24.8. The fraction of sp³-hybridized carbons (Fsp3) is 0.130. The van der Waals surface area contributed by atoms with Gasteiger partial charge in [-0.15, -0.1) is 0 Å². The summed E-state index contributed by atoms with van der Waals surface area (Å²) in [4.78, 5) is 23.1. The number of furan rings is 1. The van der Waals surface area contributed by atoms with E-state index in [2.05, 4.69) is 26.3 Å². The van der Waals surface area contributed by atoms with Crippen molar-refractivity contribution in [3.8, 4) is 5.75 Å². The lowest BCUT2D eigenvalue weighted by molar-refractivity contribution is -0.385. The molecule has 9 nitrogen and oxygen atoms in total. The summed E-state index contributed by atoms with van der Waals surface area (Å²) in [7, 11) is 0. The third kappa shape index (κ3) is 6.02. The fourth-order valence-corrected chi connectivity index (χ4v) is 3.95. The lowest BCUT2D eigenvalue weighted by Crippen LogP contribution is -2.12. The number of nitro benzene ring substituents is 1. The number of ether oxygens (including phenoxy) is 1. The van der Waals surface area contributed by atoms with Crippen LogP contribution in [0.5, 0.6) is 5.75 Å². The number of carbonyl (C=O) groups is 1. The third-order valence-corrected chi connectivity index (χ3v) is 6.23. The second-order valence-electron chi connectivity index (χ2n) is 7.49. The summed E-state index contributed by atoms with van der Waals surface area (Å²) in [6, 6.07) is 12.9. The summed E-state index contributed by atoms with van der Waals surface area (Å²) in [5.74, 6) is 0.783. The number of halogens is 3. The smallest absolute Gasteiger partial charge is 0.292 e. The van der Waals surface area contributed by atoms with Crippen LogP contribution in [0.3, 0.4) is 0 Å². The average molecular weight is 580 g/mol. The molecular weight excluding hydrogens is 563 g/mol. The van der Waals surface area contributed by atoms with E-state index >= 15 is 0 Å². The number of carbonyl (C=O) groups excluding carboxylic acids is 1. The van der Waals surface area contributed by atoms with E-state index in [1.807, 2.05) is 6.07 Å². The van der Waals surface area contributed by atoms with Crippen LogP contribution in [0.1, 0.15) is 27.4 Å². The monoisotopic (exact) mass is 578 g/mol. The van der Waals surface area contributed by atoms with Gasteiger partial charge < -0.3 is 14.5 Å². The van der Waals surface area contributed by atoms with Crippen LogP contribution < -0.4 is 10.1 Å². The lowest BCUT2D eigenvalue weighted by Gasteiger charge is -2.05. The maximum atomic E-state index is 12.6. The molecule has 4 rings (SSSR count). The highest BCUT2D eigenvalue weighted by Crippen LogP contribution is 2.26. The fourth-order valence-electron chi connectivity index (χ4n) is 3.21. The van der Waals surface area contributed by atoms with Gasteiger partial charge in [-0.2, -0.15) is 5.10 Å². The number of nitrogens with one attached hydrogen (secondary N) is 1. The maximum absolute atomic E-state index is 12.6. The summed E-state index contributed by atoms with van der Waals surface area (Å²) >= 11 is 15.4. The van der Waals surface area contributed by atoms with Gasteiger partial charge in [0.25, 0.3) is 11.6 Å². The zero-order chi connectivity index (χ0) is 25.1. The quantitative estimate of drug-likeness (QED) is 0.185. The third-order valence-electron chi connectivity index (χ3n) is 4.91. The predicted octanol–water partition coefficient (Wildman–Crippen LogP) is 6.64. The van der Waals surface area contributed by atoms with Crippen LogP contribution in [0.2, 0.25) is 10.0 Å². The number of nitrogens with zero attached hydrogens (tertiary/aromatic N) is 3. The Bertz CT molecular complexity index is 1420. The van der Waals surface area contributed by atoms with Gasteiger partial charge in [-0.3, -0.25) is 19.6 Å². The van der Waals surface area contributed by atoms with Crippen molar-refractivity contribution in [1.29, 1.82) is 0 Å². The van der Waals surface area contributed by atoms with Gasteiger partial charge in [0.05, 0.1) is 26.0 Å². The molecule has 0 aliphatic rings. The average Bonchev–Trinajstić information content (AvgIpc) is 3.41. The number of rotatable bonds is 8. The molecule has 0 atom stereocenters. The Morgan fingerprint density at radius 1 is 1.20 bits per heavy atom. The minimum absolute atomic E-state index is 0.0138. The van der Waals surface area contributed by atoms with Gasteiger partial charge in [0, 0.05) is 17.8 Å². The SMILES string of the molecule is Cc1cc(OCc2ccc(C(=O)Nc3nn(Cc4ccc(Cl)c(Cl)c4)cc3Br)o2)ccc1[N+](=O)[O-]. The Morgan fingerprint density at radius 3 is 2.71 bits per heavy atom. The molecule has 0 saturated heterocycles. The van der Waals surface area contributed by atoms with Crippen LogP contribution in [0.4, 0.5) is 11.5 Å². The Labute approximate surface area is 217 Å². The number of hydrogen-bond donors (Lipinski definition) is 1. The first-order chi connectivity index (χ1) is 16.7. The summed E-state index contributed by atoms with van der Waals surface area (Å²) in [6.45, 7) is 2.10. The van der Waals surface area contributed by atoms with Crippen molar-refractivity contribution in [1.82, 2.24) is 9.78 Å². The molecule has 1 N–H and O–H groups in total. The molecule has 1 amide bonds. The minimum atomic E-state index is -0.483. The number of nitro groups is 1. The van der Waals surface area contributed by atoms with Crippen molar-refractivity contribution < 1.29 is 18.9 Å². The molecule has 0 aliphatic heterocycles. The molecule has 0 fully saturated rings. The molecule has 35 heavy (non-hydrogen) atoms. The van der Waals surface area contributed by atoms with E-state index < -0.39 is 10.8 Å². The van der Waals surface area contributed by atoms with Gasteiger partial charge >= 0.3 is 0 Å². The predicted molar refractivity (Wildman–Crippen MR) is 134 cm³/mol. The molecule has 180 valence electrons. The second kappa shape index (κ2) is 10.5. The standard InChI is InChI=1S/C23H17BrCl2N4O5/c1-13-8-15(3-6-20(13)30(32)33)34-12-16-4-7-21(35-16)23(31)27-22-17(24)11-29(28-22)10-14-2-5-18(25)19(26)9-14/h2-9,11H,10,12H2,1H3,(H,27,28,31). The van der Waals surface area contributed by atoms with Crippen molar-refractivity contribution in [3.63, 3.8) is 0 Å². The van der Waals surface area contributed by atoms with Gasteiger partial charge in [0.15, 0.2) is 11.6 Å². The van der Waals surface area contributed by atoms with Crippen molar-refractivity contribution in [2.75, 3.05) is 5.32 Å². The zero-order valence-electron chi connectivity index (χ0n) is 18.1. The molecule has 0 aliphatic carbocycles. The molecule has 0 bridgehead atoms. The van der Waals surface area contributed by atoms with Crippen molar-refractivity contribution in [3.05, 3.63) is 102 Å². The van der Waals surface area contributed by atoms with E-state index in [-0.39, 0.29) is 18.1 Å². The molecular formula is C23H17BrCl2N4O5. The number of aromatic nitrogens is 2. The minimum Gasteiger partial charge on any atom is -0.486 e. The van der Waals surface area contributed by atoms with Gasteiger partial charge in [-0.05, 0) is 64.8 Å². The topological polar surface area (TPSA) is 112 Å². The number of amides is 1.